The minimum Gasteiger partial charge on any atom is -0.299 e. The second kappa shape index (κ2) is 5.77. The van der Waals surface area contributed by atoms with Gasteiger partial charge in [0.15, 0.2) is 5.78 Å². The van der Waals surface area contributed by atoms with Crippen molar-refractivity contribution in [1.82, 2.24) is 9.13 Å². The SMILES string of the molecule is CC(=O)c1cn(C[C@H]2CCC[C@H](C)C2)c(=O)n(C)c1=O. The maximum atomic E-state index is 12.1. The Bertz CT molecular complexity index is 627. The molecule has 0 aliphatic heterocycles. The van der Waals surface area contributed by atoms with E-state index in [0.29, 0.717) is 18.4 Å². The standard InChI is InChI=1S/C15H22N2O3/c1-10-5-4-6-12(7-10)8-17-9-13(11(2)18)14(19)16(3)15(17)20/h9-10,12H,4-8H2,1-3H3/t10-,12-/m0/s1. The molecule has 1 aromatic rings. The molecule has 0 bridgehead atoms. The largest absolute Gasteiger partial charge is 0.330 e. The molecule has 2 rings (SSSR count). The fraction of sp³-hybridized carbons (Fsp3) is 0.667. The van der Waals surface area contributed by atoms with Gasteiger partial charge in [-0.25, -0.2) is 4.79 Å². The van der Waals surface area contributed by atoms with Crippen LogP contribution in [0.15, 0.2) is 15.8 Å². The molecule has 2 atom stereocenters. The fourth-order valence-corrected chi connectivity index (χ4v) is 3.10. The van der Waals surface area contributed by atoms with Gasteiger partial charge < -0.3 is 0 Å². The van der Waals surface area contributed by atoms with Crippen LogP contribution < -0.4 is 11.2 Å². The number of rotatable bonds is 3. The third-order valence-electron chi connectivity index (χ3n) is 4.23. The number of Topliss-reactive ketones (excluding diaryl/α,β-unsaturated/α-hetero) is 1. The Kier molecular flexibility index (Phi) is 4.26. The van der Waals surface area contributed by atoms with Crippen LogP contribution >= 0.6 is 0 Å². The van der Waals surface area contributed by atoms with Crippen LogP contribution in [-0.2, 0) is 13.6 Å². The number of hydrogen-bond acceptors (Lipinski definition) is 3. The van der Waals surface area contributed by atoms with Crippen LogP contribution in [0, 0.1) is 11.8 Å². The summed E-state index contributed by atoms with van der Waals surface area (Å²) in [5.74, 6) is 0.842. The van der Waals surface area contributed by atoms with E-state index in [0.717, 1.165) is 17.4 Å². The van der Waals surface area contributed by atoms with Crippen molar-refractivity contribution in [3.63, 3.8) is 0 Å². The fourth-order valence-electron chi connectivity index (χ4n) is 3.10. The summed E-state index contributed by atoms with van der Waals surface area (Å²) in [4.78, 5) is 35.5. The summed E-state index contributed by atoms with van der Waals surface area (Å²) < 4.78 is 2.56. The molecule has 0 aromatic carbocycles. The molecule has 0 saturated heterocycles. The molecule has 0 N–H and O–H groups in total. The van der Waals surface area contributed by atoms with Crippen LogP contribution in [0.2, 0.25) is 0 Å². The van der Waals surface area contributed by atoms with Gasteiger partial charge in [0.2, 0.25) is 0 Å². The Hall–Kier alpha value is -1.65. The number of carbonyl (C=O) groups is 1. The molecule has 1 aromatic heterocycles. The Morgan fingerprint density at radius 2 is 2.05 bits per heavy atom. The molecule has 5 heteroatoms. The van der Waals surface area contributed by atoms with Crippen molar-refractivity contribution < 1.29 is 4.79 Å². The van der Waals surface area contributed by atoms with Crippen LogP contribution in [0.4, 0.5) is 0 Å². The highest BCUT2D eigenvalue weighted by atomic mass is 16.2. The first-order valence-corrected chi connectivity index (χ1v) is 7.21. The van der Waals surface area contributed by atoms with E-state index in [1.165, 1.54) is 37.6 Å². The average Bonchev–Trinajstić information content (AvgIpc) is 2.39. The van der Waals surface area contributed by atoms with Gasteiger partial charge in [0.1, 0.15) is 0 Å². The first-order valence-electron chi connectivity index (χ1n) is 7.21. The third kappa shape index (κ3) is 2.92. The van der Waals surface area contributed by atoms with Crippen molar-refractivity contribution in [2.75, 3.05) is 0 Å². The van der Waals surface area contributed by atoms with E-state index >= 15 is 0 Å². The molecule has 1 fully saturated rings. The highest BCUT2D eigenvalue weighted by Gasteiger charge is 2.21. The number of aromatic nitrogens is 2. The first-order chi connectivity index (χ1) is 9.40. The van der Waals surface area contributed by atoms with Gasteiger partial charge in [-0.3, -0.25) is 18.7 Å². The van der Waals surface area contributed by atoms with E-state index in [9.17, 15) is 14.4 Å². The molecular weight excluding hydrogens is 256 g/mol. The first kappa shape index (κ1) is 14.8. The van der Waals surface area contributed by atoms with Crippen molar-refractivity contribution in [3.8, 4) is 0 Å². The van der Waals surface area contributed by atoms with E-state index in [2.05, 4.69) is 6.92 Å². The van der Waals surface area contributed by atoms with Gasteiger partial charge in [-0.1, -0.05) is 19.8 Å². The Balaban J connectivity index is 2.34. The Labute approximate surface area is 118 Å². The summed E-state index contributed by atoms with van der Waals surface area (Å²) in [7, 11) is 1.43. The summed E-state index contributed by atoms with van der Waals surface area (Å²) in [5.41, 5.74) is -0.745. The molecule has 110 valence electrons. The van der Waals surface area contributed by atoms with Gasteiger partial charge in [-0.05, 0) is 31.6 Å². The Morgan fingerprint density at radius 1 is 1.35 bits per heavy atom. The second-order valence-corrected chi connectivity index (χ2v) is 6.04. The highest BCUT2D eigenvalue weighted by molar-refractivity contribution is 5.93. The van der Waals surface area contributed by atoms with Crippen LogP contribution in [0.5, 0.6) is 0 Å². The number of hydrogen-bond donors (Lipinski definition) is 0. The molecule has 1 saturated carbocycles. The van der Waals surface area contributed by atoms with Gasteiger partial charge in [-0.15, -0.1) is 0 Å². The van der Waals surface area contributed by atoms with Crippen molar-refractivity contribution in [3.05, 3.63) is 32.6 Å². The molecule has 0 unspecified atom stereocenters. The molecule has 0 radical (unpaired) electrons. The molecule has 1 aliphatic rings. The van der Waals surface area contributed by atoms with Gasteiger partial charge in [0.25, 0.3) is 5.56 Å². The Morgan fingerprint density at radius 3 is 2.65 bits per heavy atom. The van der Waals surface area contributed by atoms with E-state index in [1.807, 2.05) is 0 Å². The highest BCUT2D eigenvalue weighted by Crippen LogP contribution is 2.29. The molecule has 1 heterocycles. The molecule has 0 spiro atoms. The summed E-state index contributed by atoms with van der Waals surface area (Å²) in [6, 6.07) is 0. The van der Waals surface area contributed by atoms with Crippen molar-refractivity contribution >= 4 is 5.78 Å². The number of nitrogens with zero attached hydrogens (tertiary/aromatic N) is 2. The van der Waals surface area contributed by atoms with Crippen LogP contribution in [0.1, 0.15) is 49.9 Å². The molecule has 1 aliphatic carbocycles. The predicted octanol–water partition coefficient (Wildman–Crippen LogP) is 1.58. The van der Waals surface area contributed by atoms with Crippen molar-refractivity contribution in [2.24, 2.45) is 18.9 Å². The minimum absolute atomic E-state index is 0.0935. The average molecular weight is 278 g/mol. The topological polar surface area (TPSA) is 61.1 Å². The molecule has 0 amide bonds. The van der Waals surface area contributed by atoms with Gasteiger partial charge in [0.05, 0.1) is 5.56 Å². The van der Waals surface area contributed by atoms with Crippen LogP contribution in [-0.4, -0.2) is 14.9 Å². The van der Waals surface area contributed by atoms with E-state index < -0.39 is 5.56 Å². The monoisotopic (exact) mass is 278 g/mol. The molecule has 5 nitrogen and oxygen atoms in total. The molecule has 20 heavy (non-hydrogen) atoms. The van der Waals surface area contributed by atoms with E-state index in [1.54, 1.807) is 0 Å². The third-order valence-corrected chi connectivity index (χ3v) is 4.23. The molecular formula is C15H22N2O3. The zero-order chi connectivity index (χ0) is 14.9. The lowest BCUT2D eigenvalue weighted by Crippen LogP contribution is -2.41. The van der Waals surface area contributed by atoms with Gasteiger partial charge in [0, 0.05) is 19.8 Å². The minimum atomic E-state index is -0.504. The number of ketones is 1. The van der Waals surface area contributed by atoms with Crippen molar-refractivity contribution in [1.29, 1.82) is 0 Å². The van der Waals surface area contributed by atoms with Crippen LogP contribution in [0.3, 0.4) is 0 Å². The summed E-state index contributed by atoms with van der Waals surface area (Å²) in [6.45, 7) is 4.18. The van der Waals surface area contributed by atoms with Crippen LogP contribution in [0.25, 0.3) is 0 Å². The zero-order valence-corrected chi connectivity index (χ0v) is 12.4. The maximum Gasteiger partial charge on any atom is 0.330 e. The lowest BCUT2D eigenvalue weighted by Gasteiger charge is -2.27. The predicted molar refractivity (Wildman–Crippen MR) is 77.1 cm³/mol. The number of carbonyl (C=O) groups excluding carboxylic acids is 1. The lowest BCUT2D eigenvalue weighted by molar-refractivity contribution is 0.101. The second-order valence-electron chi connectivity index (χ2n) is 6.04. The normalized spacial score (nSPS) is 22.8. The summed E-state index contributed by atoms with van der Waals surface area (Å²) in [5, 5.41) is 0. The summed E-state index contributed by atoms with van der Waals surface area (Å²) in [6.07, 6.45) is 6.08. The summed E-state index contributed by atoms with van der Waals surface area (Å²) >= 11 is 0. The van der Waals surface area contributed by atoms with Gasteiger partial charge in [-0.2, -0.15) is 0 Å². The van der Waals surface area contributed by atoms with Gasteiger partial charge >= 0.3 is 5.69 Å². The smallest absolute Gasteiger partial charge is 0.299 e. The van der Waals surface area contributed by atoms with E-state index in [4.69, 9.17) is 0 Å². The zero-order valence-electron chi connectivity index (χ0n) is 12.4. The lowest BCUT2D eigenvalue weighted by atomic mass is 9.82. The quantitative estimate of drug-likeness (QED) is 0.789. The van der Waals surface area contributed by atoms with E-state index in [-0.39, 0.29) is 17.0 Å². The maximum absolute atomic E-state index is 12.1. The van der Waals surface area contributed by atoms with Crippen molar-refractivity contribution in [2.45, 2.75) is 46.1 Å².